The zero-order valence-corrected chi connectivity index (χ0v) is 20.6. The zero-order valence-electron chi connectivity index (χ0n) is 19.0. The highest BCUT2D eigenvalue weighted by molar-refractivity contribution is 7.80. The van der Waals surface area contributed by atoms with E-state index in [0.29, 0.717) is 42.9 Å². The number of methoxy groups -OCH3 is 1. The summed E-state index contributed by atoms with van der Waals surface area (Å²) in [5.41, 5.74) is 1.57. The monoisotopic (exact) mass is 502 g/mol. The lowest BCUT2D eigenvalue weighted by molar-refractivity contribution is 0.0598. The summed E-state index contributed by atoms with van der Waals surface area (Å²) in [7, 11) is 1.51. The third-order valence-corrected chi connectivity index (χ3v) is 7.41. The number of hydrogen-bond donors (Lipinski definition) is 1. The molecule has 0 bridgehead atoms. The number of likely N-dealkylation sites (tertiary alicyclic amines) is 2. The first-order valence-corrected chi connectivity index (χ1v) is 12.2. The van der Waals surface area contributed by atoms with E-state index in [1.165, 1.54) is 7.11 Å². The van der Waals surface area contributed by atoms with Crippen molar-refractivity contribution in [1.29, 1.82) is 0 Å². The maximum absolute atomic E-state index is 13.0. The maximum Gasteiger partial charge on any atom is 0.254 e. The first-order chi connectivity index (χ1) is 16.4. The van der Waals surface area contributed by atoms with Crippen molar-refractivity contribution >= 4 is 40.5 Å². The predicted octanol–water partition coefficient (Wildman–Crippen LogP) is 3.84. The number of pyridine rings is 1. The molecule has 3 aliphatic rings. The fraction of sp³-hybridized carbons (Fsp3) is 0.458. The van der Waals surface area contributed by atoms with E-state index in [0.717, 1.165) is 49.5 Å². The van der Waals surface area contributed by atoms with Gasteiger partial charge in [-0.2, -0.15) is 0 Å². The summed E-state index contributed by atoms with van der Waals surface area (Å²) in [6.45, 7) is 4.33. The van der Waals surface area contributed by atoms with Gasteiger partial charge in [0.2, 0.25) is 5.88 Å². The van der Waals surface area contributed by atoms with Gasteiger partial charge in [-0.15, -0.1) is 0 Å². The van der Waals surface area contributed by atoms with Crippen LogP contribution >= 0.6 is 23.8 Å². The summed E-state index contributed by atoms with van der Waals surface area (Å²) in [5, 5.41) is 4.31. The lowest BCUT2D eigenvalue weighted by Gasteiger charge is -2.39. The standard InChI is InChI=1S/C24H27ClN4O4S/c1-31-21-13-16(12-20(25)27-21)22(30)28-7-4-24(5-8-28)6-9-29(15-24)23(34)26-17-2-3-18-19(14-17)33-11-10-32-18/h2-3,12-14H,4-11,15H2,1H3,(H,26,34). The third kappa shape index (κ3) is 4.72. The molecule has 0 atom stereocenters. The zero-order chi connectivity index (χ0) is 23.7. The lowest BCUT2D eigenvalue weighted by Crippen LogP contribution is -2.45. The molecule has 0 unspecified atom stereocenters. The van der Waals surface area contributed by atoms with Crippen LogP contribution in [-0.4, -0.2) is 72.3 Å². The van der Waals surface area contributed by atoms with Crippen molar-refractivity contribution in [2.45, 2.75) is 19.3 Å². The summed E-state index contributed by atoms with van der Waals surface area (Å²) >= 11 is 11.8. The molecule has 2 fully saturated rings. The van der Waals surface area contributed by atoms with Gasteiger partial charge in [-0.3, -0.25) is 4.79 Å². The number of aromatic nitrogens is 1. The second-order valence-electron chi connectivity index (χ2n) is 8.97. The van der Waals surface area contributed by atoms with E-state index in [4.69, 9.17) is 38.0 Å². The average Bonchev–Trinajstić information content (AvgIpc) is 3.27. The van der Waals surface area contributed by atoms with Gasteiger partial charge in [-0.05, 0) is 55.1 Å². The second kappa shape index (κ2) is 9.46. The largest absolute Gasteiger partial charge is 0.486 e. The van der Waals surface area contributed by atoms with Gasteiger partial charge in [-0.1, -0.05) is 11.6 Å². The topological polar surface area (TPSA) is 76.2 Å². The van der Waals surface area contributed by atoms with Crippen LogP contribution in [0.2, 0.25) is 5.15 Å². The van der Waals surface area contributed by atoms with E-state index >= 15 is 0 Å². The summed E-state index contributed by atoms with van der Waals surface area (Å²) in [5.74, 6) is 1.80. The summed E-state index contributed by atoms with van der Waals surface area (Å²) in [4.78, 5) is 21.2. The van der Waals surface area contributed by atoms with Gasteiger partial charge in [0.05, 0.1) is 7.11 Å². The summed E-state index contributed by atoms with van der Waals surface area (Å²) in [6, 6.07) is 9.02. The first-order valence-electron chi connectivity index (χ1n) is 11.4. The molecule has 0 aliphatic carbocycles. The number of thiocarbonyl (C=S) groups is 1. The van der Waals surface area contributed by atoms with Crippen molar-refractivity contribution in [3.05, 3.63) is 41.0 Å². The Bertz CT molecular complexity index is 1110. The van der Waals surface area contributed by atoms with E-state index in [-0.39, 0.29) is 16.5 Å². The number of carbonyl (C=O) groups is 1. The Morgan fingerprint density at radius 3 is 2.53 bits per heavy atom. The van der Waals surface area contributed by atoms with Crippen molar-refractivity contribution in [1.82, 2.24) is 14.8 Å². The lowest BCUT2D eigenvalue weighted by atomic mass is 9.77. The van der Waals surface area contributed by atoms with Crippen molar-refractivity contribution in [3.8, 4) is 17.4 Å². The highest BCUT2D eigenvalue weighted by Gasteiger charge is 2.42. The highest BCUT2D eigenvalue weighted by atomic mass is 35.5. The molecule has 8 nitrogen and oxygen atoms in total. The van der Waals surface area contributed by atoms with E-state index in [1.54, 1.807) is 12.1 Å². The molecule has 10 heteroatoms. The van der Waals surface area contributed by atoms with Crippen molar-refractivity contribution < 1.29 is 19.0 Å². The molecule has 4 heterocycles. The normalized spacial score (nSPS) is 18.6. The molecule has 1 aromatic heterocycles. The minimum Gasteiger partial charge on any atom is -0.486 e. The number of carbonyl (C=O) groups excluding carboxylic acids is 1. The van der Waals surface area contributed by atoms with E-state index in [1.807, 2.05) is 23.1 Å². The Kier molecular flexibility index (Phi) is 6.40. The van der Waals surface area contributed by atoms with E-state index in [9.17, 15) is 4.79 Å². The Morgan fingerprint density at radius 2 is 1.79 bits per heavy atom. The number of piperidine rings is 1. The molecule has 34 heavy (non-hydrogen) atoms. The Balaban J connectivity index is 1.17. The fourth-order valence-corrected chi connectivity index (χ4v) is 5.38. The van der Waals surface area contributed by atoms with Gasteiger partial charge in [0.25, 0.3) is 5.91 Å². The van der Waals surface area contributed by atoms with Crippen LogP contribution in [0.25, 0.3) is 0 Å². The Morgan fingerprint density at radius 1 is 1.09 bits per heavy atom. The number of hydrogen-bond acceptors (Lipinski definition) is 6. The molecular weight excluding hydrogens is 476 g/mol. The molecule has 1 N–H and O–H groups in total. The number of halogens is 1. The second-order valence-corrected chi connectivity index (χ2v) is 9.75. The molecule has 0 radical (unpaired) electrons. The SMILES string of the molecule is COc1cc(C(=O)N2CCC3(CC2)CCN(C(=S)Nc2ccc4c(c2)OCCO4)C3)cc(Cl)n1. The van der Waals surface area contributed by atoms with Crippen molar-refractivity contribution in [2.24, 2.45) is 5.41 Å². The van der Waals surface area contributed by atoms with Crippen LogP contribution in [0.5, 0.6) is 17.4 Å². The van der Waals surface area contributed by atoms with Crippen LogP contribution in [0.4, 0.5) is 5.69 Å². The summed E-state index contributed by atoms with van der Waals surface area (Å²) < 4.78 is 16.4. The minimum atomic E-state index is -0.0388. The smallest absolute Gasteiger partial charge is 0.254 e. The third-order valence-electron chi connectivity index (χ3n) is 6.86. The predicted molar refractivity (Wildman–Crippen MR) is 133 cm³/mol. The molecule has 180 valence electrons. The van der Waals surface area contributed by atoms with Crippen LogP contribution in [0, 0.1) is 5.41 Å². The quantitative estimate of drug-likeness (QED) is 0.501. The molecule has 0 saturated carbocycles. The van der Waals surface area contributed by atoms with Gasteiger partial charge in [0.15, 0.2) is 16.6 Å². The number of amides is 1. The van der Waals surface area contributed by atoms with Crippen LogP contribution in [0.1, 0.15) is 29.6 Å². The molecule has 2 aromatic rings. The number of nitrogens with one attached hydrogen (secondary N) is 1. The van der Waals surface area contributed by atoms with Crippen LogP contribution in [-0.2, 0) is 0 Å². The summed E-state index contributed by atoms with van der Waals surface area (Å²) in [6.07, 6.45) is 2.95. The van der Waals surface area contributed by atoms with Gasteiger partial charge in [0, 0.05) is 49.6 Å². The van der Waals surface area contributed by atoms with Gasteiger partial charge in [0.1, 0.15) is 18.4 Å². The number of benzene rings is 1. The molecule has 1 aromatic carbocycles. The van der Waals surface area contributed by atoms with Crippen molar-refractivity contribution in [2.75, 3.05) is 51.8 Å². The number of fused-ring (bicyclic) bond motifs is 1. The molecule has 2 saturated heterocycles. The van der Waals surface area contributed by atoms with E-state index in [2.05, 4.69) is 15.2 Å². The number of nitrogens with zero attached hydrogens (tertiary/aromatic N) is 3. The molecule has 3 aliphatic heterocycles. The van der Waals surface area contributed by atoms with Crippen LogP contribution in [0.3, 0.4) is 0 Å². The number of anilines is 1. The first kappa shape index (κ1) is 23.0. The van der Waals surface area contributed by atoms with Crippen LogP contribution < -0.4 is 19.5 Å². The van der Waals surface area contributed by atoms with Gasteiger partial charge in [-0.25, -0.2) is 4.98 Å². The van der Waals surface area contributed by atoms with Gasteiger partial charge >= 0.3 is 0 Å². The maximum atomic E-state index is 13.0. The molecule has 5 rings (SSSR count). The van der Waals surface area contributed by atoms with Crippen molar-refractivity contribution in [3.63, 3.8) is 0 Å². The van der Waals surface area contributed by atoms with E-state index < -0.39 is 0 Å². The Labute approximate surface area is 209 Å². The van der Waals surface area contributed by atoms with Gasteiger partial charge < -0.3 is 29.3 Å². The molecular formula is C24H27ClN4O4S. The molecule has 1 amide bonds. The average molecular weight is 503 g/mol. The highest BCUT2D eigenvalue weighted by Crippen LogP contribution is 2.41. The van der Waals surface area contributed by atoms with Crippen LogP contribution in [0.15, 0.2) is 30.3 Å². The minimum absolute atomic E-state index is 0.0388. The Hall–Kier alpha value is -2.78. The fourth-order valence-electron chi connectivity index (χ4n) is 4.91. The number of rotatable bonds is 3. The number of ether oxygens (including phenoxy) is 3. The molecule has 1 spiro atoms.